The lowest BCUT2D eigenvalue weighted by atomic mass is 10.3. The lowest BCUT2D eigenvalue weighted by Gasteiger charge is -1.93. The first-order valence-electron chi connectivity index (χ1n) is 3.06. The molecule has 0 saturated heterocycles. The van der Waals surface area contributed by atoms with Crippen LogP contribution < -0.4 is 0 Å². The SMILES string of the molecule is Clc1ccc(I)c2cn[nH]c12. The van der Waals surface area contributed by atoms with Gasteiger partial charge < -0.3 is 0 Å². The molecule has 1 N–H and O–H groups in total. The number of hydrogen-bond donors (Lipinski definition) is 1. The Balaban J connectivity index is 2.96. The molecule has 4 heteroatoms. The third-order valence-corrected chi connectivity index (χ3v) is 2.77. The quantitative estimate of drug-likeness (QED) is 0.738. The summed E-state index contributed by atoms with van der Waals surface area (Å²) in [4.78, 5) is 0. The van der Waals surface area contributed by atoms with Crippen LogP contribution in [0.25, 0.3) is 10.9 Å². The number of aromatic amines is 1. The van der Waals surface area contributed by atoms with Crippen LogP contribution in [0.5, 0.6) is 0 Å². The maximum absolute atomic E-state index is 5.90. The summed E-state index contributed by atoms with van der Waals surface area (Å²) >= 11 is 8.15. The van der Waals surface area contributed by atoms with E-state index in [0.717, 1.165) is 19.5 Å². The third-order valence-electron chi connectivity index (χ3n) is 1.51. The molecule has 0 spiro atoms. The number of benzene rings is 1. The molecule has 0 bridgehead atoms. The Morgan fingerprint density at radius 3 is 3.00 bits per heavy atom. The van der Waals surface area contributed by atoms with Gasteiger partial charge in [-0.15, -0.1) is 0 Å². The second-order valence-corrected chi connectivity index (χ2v) is 3.76. The Morgan fingerprint density at radius 1 is 1.45 bits per heavy atom. The van der Waals surface area contributed by atoms with Crippen molar-refractivity contribution < 1.29 is 0 Å². The number of fused-ring (bicyclic) bond motifs is 1. The summed E-state index contributed by atoms with van der Waals surface area (Å²) in [6.45, 7) is 0. The summed E-state index contributed by atoms with van der Waals surface area (Å²) in [7, 11) is 0. The molecule has 2 aromatic rings. The van der Waals surface area contributed by atoms with Gasteiger partial charge in [-0.3, -0.25) is 5.10 Å². The Bertz CT molecular complexity index is 360. The van der Waals surface area contributed by atoms with Crippen LogP contribution in [0.4, 0.5) is 0 Å². The van der Waals surface area contributed by atoms with Gasteiger partial charge in [-0.1, -0.05) is 11.6 Å². The van der Waals surface area contributed by atoms with E-state index in [1.807, 2.05) is 12.1 Å². The van der Waals surface area contributed by atoms with Crippen LogP contribution in [0.2, 0.25) is 5.02 Å². The predicted octanol–water partition coefficient (Wildman–Crippen LogP) is 2.82. The number of hydrogen-bond acceptors (Lipinski definition) is 1. The average molecular weight is 278 g/mol. The maximum Gasteiger partial charge on any atom is 0.0847 e. The highest BCUT2D eigenvalue weighted by Gasteiger charge is 2.02. The van der Waals surface area contributed by atoms with Gasteiger partial charge in [0.1, 0.15) is 0 Å². The molecule has 1 heterocycles. The van der Waals surface area contributed by atoms with Crippen LogP contribution in [-0.4, -0.2) is 10.2 Å². The highest BCUT2D eigenvalue weighted by molar-refractivity contribution is 14.1. The number of nitrogens with zero attached hydrogens (tertiary/aromatic N) is 1. The minimum absolute atomic E-state index is 0.720. The van der Waals surface area contributed by atoms with Crippen LogP contribution >= 0.6 is 34.2 Å². The van der Waals surface area contributed by atoms with Gasteiger partial charge in [0.15, 0.2) is 0 Å². The van der Waals surface area contributed by atoms with Gasteiger partial charge in [0.2, 0.25) is 0 Å². The Labute approximate surface area is 82.1 Å². The second-order valence-electron chi connectivity index (χ2n) is 2.19. The molecule has 0 saturated carbocycles. The van der Waals surface area contributed by atoms with E-state index in [1.54, 1.807) is 6.20 Å². The van der Waals surface area contributed by atoms with Gasteiger partial charge in [0, 0.05) is 8.96 Å². The van der Waals surface area contributed by atoms with Gasteiger partial charge in [-0.25, -0.2) is 0 Å². The molecule has 2 rings (SSSR count). The van der Waals surface area contributed by atoms with Crippen molar-refractivity contribution in [3.8, 4) is 0 Å². The predicted molar refractivity (Wildman–Crippen MR) is 53.8 cm³/mol. The summed E-state index contributed by atoms with van der Waals surface area (Å²) < 4.78 is 1.16. The van der Waals surface area contributed by atoms with Crippen LogP contribution in [0, 0.1) is 3.57 Å². The highest BCUT2D eigenvalue weighted by atomic mass is 127. The van der Waals surface area contributed by atoms with Gasteiger partial charge in [-0.2, -0.15) is 5.10 Å². The van der Waals surface area contributed by atoms with E-state index in [2.05, 4.69) is 32.8 Å². The van der Waals surface area contributed by atoms with Gasteiger partial charge in [0.25, 0.3) is 0 Å². The summed E-state index contributed by atoms with van der Waals surface area (Å²) in [5.74, 6) is 0. The molecule has 56 valence electrons. The molecule has 0 amide bonds. The fourth-order valence-corrected chi connectivity index (χ4v) is 1.76. The van der Waals surface area contributed by atoms with E-state index in [1.165, 1.54) is 0 Å². The summed E-state index contributed by atoms with van der Waals surface area (Å²) in [6, 6.07) is 3.84. The fraction of sp³-hybridized carbons (Fsp3) is 0. The number of rotatable bonds is 0. The van der Waals surface area contributed by atoms with Crippen molar-refractivity contribution in [1.82, 2.24) is 10.2 Å². The first-order chi connectivity index (χ1) is 5.29. The van der Waals surface area contributed by atoms with Gasteiger partial charge in [0.05, 0.1) is 16.7 Å². The third kappa shape index (κ3) is 1.12. The molecule has 0 radical (unpaired) electrons. The zero-order valence-corrected chi connectivity index (χ0v) is 8.35. The standard InChI is InChI=1S/C7H4ClIN2/c8-5-1-2-6(9)4-3-10-11-7(4)5/h1-3H,(H,10,11). The summed E-state index contributed by atoms with van der Waals surface area (Å²) in [5.41, 5.74) is 0.915. The normalized spacial score (nSPS) is 10.7. The molecule has 2 nitrogen and oxygen atoms in total. The fourth-order valence-electron chi connectivity index (χ4n) is 0.969. The van der Waals surface area contributed by atoms with Crippen molar-refractivity contribution >= 4 is 45.1 Å². The minimum atomic E-state index is 0.720. The Hall–Kier alpha value is -0.290. The van der Waals surface area contributed by atoms with Crippen molar-refractivity contribution in [3.63, 3.8) is 0 Å². The van der Waals surface area contributed by atoms with Crippen molar-refractivity contribution in [2.24, 2.45) is 0 Å². The van der Waals surface area contributed by atoms with Crippen LogP contribution in [0.15, 0.2) is 18.3 Å². The molecular weight excluding hydrogens is 274 g/mol. The van der Waals surface area contributed by atoms with Crippen molar-refractivity contribution in [2.45, 2.75) is 0 Å². The molecule has 1 aromatic carbocycles. The second kappa shape index (κ2) is 2.64. The summed E-state index contributed by atoms with van der Waals surface area (Å²) in [5, 5.41) is 8.55. The van der Waals surface area contributed by atoms with Gasteiger partial charge in [-0.05, 0) is 34.7 Å². The van der Waals surface area contributed by atoms with Crippen LogP contribution in [0.3, 0.4) is 0 Å². The average Bonchev–Trinajstić information content (AvgIpc) is 2.45. The molecule has 0 aliphatic carbocycles. The lowest BCUT2D eigenvalue weighted by molar-refractivity contribution is 1.12. The molecule has 11 heavy (non-hydrogen) atoms. The smallest absolute Gasteiger partial charge is 0.0847 e. The Kier molecular flexibility index (Phi) is 1.77. The number of nitrogens with one attached hydrogen (secondary N) is 1. The maximum atomic E-state index is 5.90. The highest BCUT2D eigenvalue weighted by Crippen LogP contribution is 2.24. The molecule has 1 aromatic heterocycles. The molecule has 0 aliphatic rings. The van der Waals surface area contributed by atoms with Crippen molar-refractivity contribution in [1.29, 1.82) is 0 Å². The van der Waals surface area contributed by atoms with Crippen LogP contribution in [-0.2, 0) is 0 Å². The van der Waals surface area contributed by atoms with E-state index in [0.29, 0.717) is 0 Å². The molecule has 0 atom stereocenters. The van der Waals surface area contributed by atoms with Gasteiger partial charge >= 0.3 is 0 Å². The molecule has 0 aliphatic heterocycles. The van der Waals surface area contributed by atoms with E-state index < -0.39 is 0 Å². The van der Waals surface area contributed by atoms with E-state index in [4.69, 9.17) is 11.6 Å². The Morgan fingerprint density at radius 2 is 2.27 bits per heavy atom. The van der Waals surface area contributed by atoms with E-state index >= 15 is 0 Å². The number of H-pyrrole nitrogens is 1. The van der Waals surface area contributed by atoms with Crippen molar-refractivity contribution in [3.05, 3.63) is 26.9 Å². The zero-order valence-electron chi connectivity index (χ0n) is 5.44. The first kappa shape index (κ1) is 7.36. The number of halogens is 2. The monoisotopic (exact) mass is 278 g/mol. The van der Waals surface area contributed by atoms with E-state index in [-0.39, 0.29) is 0 Å². The summed E-state index contributed by atoms with van der Waals surface area (Å²) in [6.07, 6.45) is 1.78. The minimum Gasteiger partial charge on any atom is -0.276 e. The molecule has 0 unspecified atom stereocenters. The first-order valence-corrected chi connectivity index (χ1v) is 4.52. The largest absolute Gasteiger partial charge is 0.276 e. The van der Waals surface area contributed by atoms with Crippen molar-refractivity contribution in [2.75, 3.05) is 0 Å². The van der Waals surface area contributed by atoms with Crippen LogP contribution in [0.1, 0.15) is 0 Å². The lowest BCUT2D eigenvalue weighted by Crippen LogP contribution is -1.74. The molecular formula is C7H4ClIN2. The molecule has 0 fully saturated rings. The number of aromatic nitrogens is 2. The zero-order chi connectivity index (χ0) is 7.84. The topological polar surface area (TPSA) is 28.7 Å². The van der Waals surface area contributed by atoms with E-state index in [9.17, 15) is 0 Å².